The van der Waals surface area contributed by atoms with E-state index in [4.69, 9.17) is 0 Å². The van der Waals surface area contributed by atoms with E-state index >= 15 is 4.39 Å². The lowest BCUT2D eigenvalue weighted by Crippen LogP contribution is -1.89. The molecule has 0 aliphatic heterocycles. The standard InChI is InChI=1S/C23H14FN7/c24-19-14(13-4-3-9-25-12-13)6-7-17-18(19)21(31-30-17)23-28-20-15(8-11-27-22(20)29-23)16-5-1-2-10-26-16/h1-12H,(H,30,31)(H,27,28,29). The van der Waals surface area contributed by atoms with E-state index in [-0.39, 0.29) is 5.82 Å². The number of benzene rings is 1. The molecule has 0 aliphatic rings. The average molecular weight is 407 g/mol. The number of hydrogen-bond donors (Lipinski definition) is 2. The molecule has 6 aromatic rings. The molecule has 7 nitrogen and oxygen atoms in total. The number of halogens is 1. The van der Waals surface area contributed by atoms with Gasteiger partial charge < -0.3 is 4.98 Å². The lowest BCUT2D eigenvalue weighted by Gasteiger charge is -2.04. The molecule has 8 heteroatoms. The van der Waals surface area contributed by atoms with Crippen molar-refractivity contribution in [1.82, 2.24) is 35.1 Å². The number of hydrogen-bond acceptors (Lipinski definition) is 5. The second-order valence-corrected chi connectivity index (χ2v) is 7.02. The molecule has 0 saturated heterocycles. The van der Waals surface area contributed by atoms with Gasteiger partial charge in [0.15, 0.2) is 11.5 Å². The Labute approximate surface area is 175 Å². The van der Waals surface area contributed by atoms with Gasteiger partial charge in [-0.3, -0.25) is 15.1 Å². The van der Waals surface area contributed by atoms with Crippen molar-refractivity contribution in [3.8, 4) is 33.9 Å². The zero-order valence-corrected chi connectivity index (χ0v) is 16.0. The monoisotopic (exact) mass is 407 g/mol. The van der Waals surface area contributed by atoms with E-state index in [0.29, 0.717) is 39.2 Å². The Morgan fingerprint density at radius 2 is 1.81 bits per heavy atom. The molecule has 6 rings (SSSR count). The minimum Gasteiger partial charge on any atom is -0.335 e. The van der Waals surface area contributed by atoms with Gasteiger partial charge in [-0.1, -0.05) is 12.1 Å². The first-order valence-electron chi connectivity index (χ1n) is 9.63. The van der Waals surface area contributed by atoms with Gasteiger partial charge in [-0.2, -0.15) is 5.10 Å². The third kappa shape index (κ3) is 2.77. The summed E-state index contributed by atoms with van der Waals surface area (Å²) in [6.07, 6.45) is 6.70. The molecule has 0 radical (unpaired) electrons. The first-order chi connectivity index (χ1) is 15.3. The Morgan fingerprint density at radius 1 is 0.839 bits per heavy atom. The minimum absolute atomic E-state index is 0.361. The fraction of sp³-hybridized carbons (Fsp3) is 0. The number of rotatable bonds is 3. The van der Waals surface area contributed by atoms with Gasteiger partial charge in [0.2, 0.25) is 0 Å². The van der Waals surface area contributed by atoms with Crippen LogP contribution in [0.15, 0.2) is 73.3 Å². The predicted molar refractivity (Wildman–Crippen MR) is 115 cm³/mol. The van der Waals surface area contributed by atoms with Gasteiger partial charge in [0, 0.05) is 41.5 Å². The molecular formula is C23H14FN7. The third-order valence-corrected chi connectivity index (χ3v) is 5.20. The fourth-order valence-electron chi connectivity index (χ4n) is 3.75. The van der Waals surface area contributed by atoms with Crippen molar-refractivity contribution >= 4 is 22.1 Å². The van der Waals surface area contributed by atoms with Gasteiger partial charge in [-0.15, -0.1) is 0 Å². The Balaban J connectivity index is 1.56. The van der Waals surface area contributed by atoms with Crippen molar-refractivity contribution in [3.05, 3.63) is 79.1 Å². The van der Waals surface area contributed by atoms with Crippen LogP contribution in [0.5, 0.6) is 0 Å². The topological polar surface area (TPSA) is 96.0 Å². The average Bonchev–Trinajstić information content (AvgIpc) is 3.45. The second-order valence-electron chi connectivity index (χ2n) is 7.02. The molecule has 0 bridgehead atoms. The summed E-state index contributed by atoms with van der Waals surface area (Å²) in [5, 5.41) is 7.60. The number of aromatic amines is 2. The maximum Gasteiger partial charge on any atom is 0.178 e. The van der Waals surface area contributed by atoms with Crippen LogP contribution in [0.25, 0.3) is 56.0 Å². The number of pyridine rings is 3. The van der Waals surface area contributed by atoms with Crippen LogP contribution >= 0.6 is 0 Å². The van der Waals surface area contributed by atoms with Crippen LogP contribution in [0.1, 0.15) is 0 Å². The number of imidazole rings is 1. The number of H-pyrrole nitrogens is 2. The Bertz CT molecular complexity index is 1540. The highest BCUT2D eigenvalue weighted by Crippen LogP contribution is 2.34. The van der Waals surface area contributed by atoms with E-state index in [1.807, 2.05) is 30.3 Å². The summed E-state index contributed by atoms with van der Waals surface area (Å²) in [6, 6.07) is 14.7. The van der Waals surface area contributed by atoms with E-state index in [0.717, 1.165) is 16.8 Å². The smallest absolute Gasteiger partial charge is 0.178 e. The van der Waals surface area contributed by atoms with Crippen molar-refractivity contribution in [2.24, 2.45) is 0 Å². The number of nitrogens with zero attached hydrogens (tertiary/aromatic N) is 5. The number of fused-ring (bicyclic) bond motifs is 2. The highest BCUT2D eigenvalue weighted by molar-refractivity contribution is 5.97. The molecule has 2 N–H and O–H groups in total. The molecule has 0 saturated carbocycles. The Morgan fingerprint density at radius 3 is 2.65 bits per heavy atom. The van der Waals surface area contributed by atoms with E-state index < -0.39 is 0 Å². The first-order valence-corrected chi connectivity index (χ1v) is 9.63. The van der Waals surface area contributed by atoms with Crippen LogP contribution in [0, 0.1) is 5.82 Å². The van der Waals surface area contributed by atoms with Gasteiger partial charge in [-0.25, -0.2) is 14.4 Å². The molecule has 0 amide bonds. The molecule has 0 unspecified atom stereocenters. The van der Waals surface area contributed by atoms with E-state index in [9.17, 15) is 0 Å². The second kappa shape index (κ2) is 6.81. The van der Waals surface area contributed by atoms with Gasteiger partial charge in [0.25, 0.3) is 0 Å². The quantitative estimate of drug-likeness (QED) is 0.441. The normalized spacial score (nSPS) is 11.4. The molecule has 0 spiro atoms. The maximum atomic E-state index is 15.6. The SMILES string of the molecule is Fc1c(-c2cccnc2)ccc2[nH]nc(-c3nc4nccc(-c5ccccn5)c4[nH]3)c12. The van der Waals surface area contributed by atoms with Crippen LogP contribution in [0.4, 0.5) is 4.39 Å². The molecule has 5 aromatic heterocycles. The van der Waals surface area contributed by atoms with Crippen molar-refractivity contribution in [3.63, 3.8) is 0 Å². The summed E-state index contributed by atoms with van der Waals surface area (Å²) >= 11 is 0. The first kappa shape index (κ1) is 17.4. The molecule has 148 valence electrons. The zero-order valence-electron chi connectivity index (χ0n) is 16.0. The Hall–Kier alpha value is -4.46. The van der Waals surface area contributed by atoms with Gasteiger partial charge >= 0.3 is 0 Å². The fourth-order valence-corrected chi connectivity index (χ4v) is 3.75. The Kier molecular flexibility index (Phi) is 3.82. The van der Waals surface area contributed by atoms with E-state index in [2.05, 4.69) is 35.1 Å². The highest BCUT2D eigenvalue weighted by atomic mass is 19.1. The summed E-state index contributed by atoms with van der Waals surface area (Å²) in [5.41, 5.74) is 5.00. The largest absolute Gasteiger partial charge is 0.335 e. The zero-order chi connectivity index (χ0) is 20.8. The van der Waals surface area contributed by atoms with Gasteiger partial charge in [0.05, 0.1) is 22.1 Å². The van der Waals surface area contributed by atoms with E-state index in [1.54, 1.807) is 43.0 Å². The lowest BCUT2D eigenvalue weighted by atomic mass is 10.0. The minimum atomic E-state index is -0.382. The molecule has 0 aliphatic carbocycles. The van der Waals surface area contributed by atoms with Crippen molar-refractivity contribution in [1.29, 1.82) is 0 Å². The third-order valence-electron chi connectivity index (χ3n) is 5.20. The summed E-state index contributed by atoms with van der Waals surface area (Å²) < 4.78 is 15.6. The predicted octanol–water partition coefficient (Wildman–Crippen LogP) is 4.76. The van der Waals surface area contributed by atoms with Crippen LogP contribution in [0.2, 0.25) is 0 Å². The molecule has 5 heterocycles. The van der Waals surface area contributed by atoms with Crippen molar-refractivity contribution < 1.29 is 4.39 Å². The van der Waals surface area contributed by atoms with Gasteiger partial charge in [-0.05, 0) is 36.4 Å². The molecule has 0 fully saturated rings. The van der Waals surface area contributed by atoms with Gasteiger partial charge in [0.1, 0.15) is 11.5 Å². The summed E-state index contributed by atoms with van der Waals surface area (Å²) in [4.78, 5) is 20.7. The maximum absolute atomic E-state index is 15.6. The van der Waals surface area contributed by atoms with Crippen LogP contribution < -0.4 is 0 Å². The molecular weight excluding hydrogens is 393 g/mol. The van der Waals surface area contributed by atoms with Crippen LogP contribution in [-0.4, -0.2) is 35.1 Å². The van der Waals surface area contributed by atoms with Crippen molar-refractivity contribution in [2.45, 2.75) is 0 Å². The number of nitrogens with one attached hydrogen (secondary N) is 2. The molecule has 0 atom stereocenters. The highest BCUT2D eigenvalue weighted by Gasteiger charge is 2.20. The number of aromatic nitrogens is 7. The summed E-state index contributed by atoms with van der Waals surface area (Å²) in [5.74, 6) is 0.0481. The molecule has 1 aromatic carbocycles. The van der Waals surface area contributed by atoms with Crippen molar-refractivity contribution in [2.75, 3.05) is 0 Å². The van der Waals surface area contributed by atoms with E-state index in [1.165, 1.54) is 0 Å². The molecule has 31 heavy (non-hydrogen) atoms. The lowest BCUT2D eigenvalue weighted by molar-refractivity contribution is 0.643. The van der Waals surface area contributed by atoms with Crippen LogP contribution in [-0.2, 0) is 0 Å². The summed E-state index contributed by atoms with van der Waals surface area (Å²) in [7, 11) is 0. The summed E-state index contributed by atoms with van der Waals surface area (Å²) in [6.45, 7) is 0. The van der Waals surface area contributed by atoms with Crippen LogP contribution in [0.3, 0.4) is 0 Å².